The number of fused-ring (bicyclic) bond motifs is 2. The van der Waals surface area contributed by atoms with Gasteiger partial charge in [-0.05, 0) is 48.2 Å². The average Bonchev–Trinajstić information content (AvgIpc) is 3.23. The Labute approximate surface area is 186 Å². The zero-order valence-corrected chi connectivity index (χ0v) is 17.9. The van der Waals surface area contributed by atoms with Gasteiger partial charge in [-0.3, -0.25) is 9.36 Å². The van der Waals surface area contributed by atoms with E-state index in [9.17, 15) is 9.59 Å². The molecule has 0 bridgehead atoms. The molecule has 1 heterocycles. The molecule has 1 unspecified atom stereocenters. The van der Waals surface area contributed by atoms with Gasteiger partial charge in [0.1, 0.15) is 12.4 Å². The van der Waals surface area contributed by atoms with Crippen molar-refractivity contribution in [3.05, 3.63) is 100 Å². The fraction of sp³-hybridized carbons (Fsp3) is 0.192. The minimum Gasteiger partial charge on any atom is -0.348 e. The summed E-state index contributed by atoms with van der Waals surface area (Å²) in [7, 11) is 1.89. The maximum absolute atomic E-state index is 13.0. The highest BCUT2D eigenvalue weighted by Gasteiger charge is 2.24. The molecule has 1 aliphatic rings. The molecule has 3 aromatic carbocycles. The third-order valence-corrected chi connectivity index (χ3v) is 6.10. The molecule has 6 nitrogen and oxygen atoms in total. The van der Waals surface area contributed by atoms with Crippen LogP contribution in [0.4, 0.5) is 11.5 Å². The fourth-order valence-electron chi connectivity index (χ4n) is 4.49. The molecule has 1 N–H and O–H groups in total. The van der Waals surface area contributed by atoms with E-state index in [0.717, 1.165) is 29.5 Å². The first-order valence-electron chi connectivity index (χ1n) is 10.8. The second-order valence-corrected chi connectivity index (χ2v) is 8.07. The van der Waals surface area contributed by atoms with Gasteiger partial charge in [0.25, 0.3) is 0 Å². The summed E-state index contributed by atoms with van der Waals surface area (Å²) in [6.07, 6.45) is 1.83. The van der Waals surface area contributed by atoms with Gasteiger partial charge in [-0.1, -0.05) is 54.6 Å². The van der Waals surface area contributed by atoms with E-state index in [2.05, 4.69) is 22.4 Å². The van der Waals surface area contributed by atoms with Gasteiger partial charge in [0.2, 0.25) is 5.91 Å². The summed E-state index contributed by atoms with van der Waals surface area (Å²) in [5.74, 6) is 0.378. The van der Waals surface area contributed by atoms with Crippen molar-refractivity contribution in [1.29, 1.82) is 0 Å². The van der Waals surface area contributed by atoms with E-state index in [1.807, 2.05) is 78.7 Å². The van der Waals surface area contributed by atoms with Crippen molar-refractivity contribution < 1.29 is 4.79 Å². The first kappa shape index (κ1) is 20.0. The Hall–Kier alpha value is -3.93. The molecule has 5 rings (SSSR count). The molecule has 32 heavy (non-hydrogen) atoms. The normalized spacial score (nSPS) is 14.8. The summed E-state index contributed by atoms with van der Waals surface area (Å²) in [6.45, 7) is -0.0691. The number of aryl methyl sites for hydroxylation is 1. The van der Waals surface area contributed by atoms with Gasteiger partial charge in [-0.25, -0.2) is 4.79 Å². The summed E-state index contributed by atoms with van der Waals surface area (Å²) in [6, 6.07) is 25.5. The monoisotopic (exact) mass is 424 g/mol. The van der Waals surface area contributed by atoms with Crippen LogP contribution < -0.4 is 15.9 Å². The molecule has 0 aliphatic heterocycles. The van der Waals surface area contributed by atoms with E-state index >= 15 is 0 Å². The number of anilines is 2. The number of nitrogens with one attached hydrogen (secondary N) is 1. The molecule has 4 aromatic rings. The molecule has 0 saturated carbocycles. The van der Waals surface area contributed by atoms with Crippen LogP contribution in [0.15, 0.2) is 83.7 Å². The van der Waals surface area contributed by atoms with Crippen molar-refractivity contribution in [3.63, 3.8) is 0 Å². The topological polar surface area (TPSA) is 67.2 Å². The van der Waals surface area contributed by atoms with Crippen LogP contribution in [0.2, 0.25) is 0 Å². The number of hydrogen-bond donors (Lipinski definition) is 1. The average molecular weight is 425 g/mol. The Kier molecular flexibility index (Phi) is 5.19. The number of amides is 1. The second kappa shape index (κ2) is 8.30. The SMILES string of the molecule is CN(c1ccccc1)c1nc(=O)n(CC(=O)NC2CCc3ccccc32)c2ccccc12. The van der Waals surface area contributed by atoms with Crippen LogP contribution in [-0.4, -0.2) is 22.5 Å². The molecule has 0 saturated heterocycles. The van der Waals surface area contributed by atoms with Crippen molar-refractivity contribution in [3.8, 4) is 0 Å². The summed E-state index contributed by atoms with van der Waals surface area (Å²) in [4.78, 5) is 32.2. The van der Waals surface area contributed by atoms with Crippen molar-refractivity contribution >= 4 is 28.3 Å². The molecular formula is C26H24N4O2. The summed E-state index contributed by atoms with van der Waals surface area (Å²) in [5, 5.41) is 3.92. The van der Waals surface area contributed by atoms with E-state index in [4.69, 9.17) is 0 Å². The lowest BCUT2D eigenvalue weighted by Crippen LogP contribution is -2.35. The lowest BCUT2D eigenvalue weighted by molar-refractivity contribution is -0.122. The fourth-order valence-corrected chi connectivity index (χ4v) is 4.49. The third-order valence-electron chi connectivity index (χ3n) is 6.10. The number of aromatic nitrogens is 2. The molecule has 6 heteroatoms. The molecule has 0 fully saturated rings. The number of para-hydroxylation sites is 2. The number of carbonyl (C=O) groups is 1. The standard InChI is InChI=1S/C26H24N4O2/c1-29(19-10-3-2-4-11-19)25-21-13-7-8-14-23(21)30(26(32)28-25)17-24(31)27-22-16-15-18-9-5-6-12-20(18)22/h2-14,22H,15-17H2,1H3,(H,27,31). The van der Waals surface area contributed by atoms with Crippen molar-refractivity contribution in [2.45, 2.75) is 25.4 Å². The Morgan fingerprint density at radius 2 is 1.75 bits per heavy atom. The first-order chi connectivity index (χ1) is 15.6. The zero-order valence-electron chi connectivity index (χ0n) is 17.9. The predicted octanol–water partition coefficient (Wildman–Crippen LogP) is 3.97. The van der Waals surface area contributed by atoms with Gasteiger partial charge in [-0.15, -0.1) is 0 Å². The number of nitrogens with zero attached hydrogens (tertiary/aromatic N) is 3. The van der Waals surface area contributed by atoms with Crippen LogP contribution in [0.1, 0.15) is 23.6 Å². The minimum atomic E-state index is -0.441. The van der Waals surface area contributed by atoms with Crippen LogP contribution in [0, 0.1) is 0 Å². The van der Waals surface area contributed by atoms with Crippen LogP contribution in [0.25, 0.3) is 10.9 Å². The highest BCUT2D eigenvalue weighted by atomic mass is 16.2. The lowest BCUT2D eigenvalue weighted by atomic mass is 10.1. The Morgan fingerprint density at radius 3 is 2.59 bits per heavy atom. The highest BCUT2D eigenvalue weighted by Crippen LogP contribution is 2.31. The summed E-state index contributed by atoms with van der Waals surface area (Å²) < 4.78 is 1.45. The molecule has 1 aliphatic carbocycles. The Bertz CT molecular complexity index is 1350. The largest absolute Gasteiger partial charge is 0.350 e. The van der Waals surface area contributed by atoms with Crippen molar-refractivity contribution in [2.75, 3.05) is 11.9 Å². The molecule has 0 spiro atoms. The quantitative estimate of drug-likeness (QED) is 0.527. The van der Waals surface area contributed by atoms with E-state index < -0.39 is 5.69 Å². The van der Waals surface area contributed by atoms with Gasteiger partial charge < -0.3 is 10.2 Å². The maximum Gasteiger partial charge on any atom is 0.350 e. The van der Waals surface area contributed by atoms with Gasteiger partial charge in [0, 0.05) is 18.1 Å². The van der Waals surface area contributed by atoms with Gasteiger partial charge in [0.05, 0.1) is 11.6 Å². The van der Waals surface area contributed by atoms with Gasteiger partial charge in [-0.2, -0.15) is 4.98 Å². The lowest BCUT2D eigenvalue weighted by Gasteiger charge is -2.21. The van der Waals surface area contributed by atoms with Gasteiger partial charge >= 0.3 is 5.69 Å². The van der Waals surface area contributed by atoms with Crippen LogP contribution >= 0.6 is 0 Å². The molecule has 1 amide bonds. The molecule has 0 radical (unpaired) electrons. The van der Waals surface area contributed by atoms with E-state index in [1.165, 1.54) is 10.1 Å². The summed E-state index contributed by atoms with van der Waals surface area (Å²) >= 11 is 0. The van der Waals surface area contributed by atoms with Crippen LogP contribution in [-0.2, 0) is 17.8 Å². The summed E-state index contributed by atoms with van der Waals surface area (Å²) in [5.41, 5.74) is 3.61. The minimum absolute atomic E-state index is 0.0166. The predicted molar refractivity (Wildman–Crippen MR) is 126 cm³/mol. The Morgan fingerprint density at radius 1 is 1.03 bits per heavy atom. The van der Waals surface area contributed by atoms with Crippen LogP contribution in [0.3, 0.4) is 0 Å². The molecule has 1 atom stereocenters. The highest BCUT2D eigenvalue weighted by molar-refractivity contribution is 5.92. The maximum atomic E-state index is 13.0. The number of rotatable bonds is 5. The number of hydrogen-bond acceptors (Lipinski definition) is 4. The molecule has 160 valence electrons. The second-order valence-electron chi connectivity index (χ2n) is 8.07. The number of benzene rings is 3. The third kappa shape index (κ3) is 3.64. The van der Waals surface area contributed by atoms with Crippen molar-refractivity contribution in [1.82, 2.24) is 14.9 Å². The first-order valence-corrected chi connectivity index (χ1v) is 10.8. The Balaban J connectivity index is 1.46. The van der Waals surface area contributed by atoms with Crippen molar-refractivity contribution in [2.24, 2.45) is 0 Å². The zero-order chi connectivity index (χ0) is 22.1. The molecular weight excluding hydrogens is 400 g/mol. The van der Waals surface area contributed by atoms with E-state index in [-0.39, 0.29) is 18.5 Å². The molecule has 1 aromatic heterocycles. The van der Waals surface area contributed by atoms with Crippen LogP contribution in [0.5, 0.6) is 0 Å². The van der Waals surface area contributed by atoms with E-state index in [0.29, 0.717) is 11.3 Å². The van der Waals surface area contributed by atoms with E-state index in [1.54, 1.807) is 0 Å². The van der Waals surface area contributed by atoms with Gasteiger partial charge in [0.15, 0.2) is 0 Å². The smallest absolute Gasteiger partial charge is 0.348 e. The number of carbonyl (C=O) groups excluding carboxylic acids is 1.